The van der Waals surface area contributed by atoms with Gasteiger partial charge in [0.1, 0.15) is 11.5 Å². The van der Waals surface area contributed by atoms with Crippen LogP contribution >= 0.6 is 0 Å². The fraction of sp³-hybridized carbons (Fsp3) is 0.375. The number of rotatable bonds is 8. The lowest BCUT2D eigenvalue weighted by atomic mass is 9.97. The molecule has 0 aromatic heterocycles. The van der Waals surface area contributed by atoms with Crippen molar-refractivity contribution in [3.63, 3.8) is 0 Å². The minimum atomic E-state index is 0.714. The number of allylic oxidation sites excluding steroid dienone is 1. The van der Waals surface area contributed by atoms with Gasteiger partial charge in [0.05, 0.1) is 26.0 Å². The first-order chi connectivity index (χ1) is 14.2. The van der Waals surface area contributed by atoms with Gasteiger partial charge in [0.25, 0.3) is 0 Å². The molecule has 0 amide bonds. The van der Waals surface area contributed by atoms with Gasteiger partial charge in [-0.05, 0) is 31.0 Å². The van der Waals surface area contributed by atoms with Crippen molar-refractivity contribution >= 4 is 5.71 Å². The summed E-state index contributed by atoms with van der Waals surface area (Å²) in [7, 11) is 3.80. The Kier molecular flexibility index (Phi) is 6.03. The molecule has 152 valence electrons. The van der Waals surface area contributed by atoms with Crippen molar-refractivity contribution in [2.75, 3.05) is 33.9 Å². The smallest absolute Gasteiger partial charge is 0.123 e. The van der Waals surface area contributed by atoms with Gasteiger partial charge in [0.15, 0.2) is 0 Å². The number of fused-ring (bicyclic) bond motifs is 1. The number of ether oxygens (including phenoxy) is 2. The quantitative estimate of drug-likeness (QED) is 0.628. The van der Waals surface area contributed by atoms with Gasteiger partial charge in [-0.1, -0.05) is 36.4 Å². The van der Waals surface area contributed by atoms with Crippen molar-refractivity contribution in [2.24, 2.45) is 5.10 Å². The van der Waals surface area contributed by atoms with Gasteiger partial charge in [-0.3, -0.25) is 5.01 Å². The van der Waals surface area contributed by atoms with Gasteiger partial charge in [0, 0.05) is 43.4 Å². The second-order valence-corrected chi connectivity index (χ2v) is 7.54. The average Bonchev–Trinajstić information content (AvgIpc) is 3.14. The van der Waals surface area contributed by atoms with E-state index < -0.39 is 0 Å². The van der Waals surface area contributed by atoms with Crippen LogP contribution in [0.1, 0.15) is 24.8 Å². The van der Waals surface area contributed by atoms with Crippen molar-refractivity contribution in [1.29, 1.82) is 0 Å². The molecule has 0 fully saturated rings. The van der Waals surface area contributed by atoms with Crippen molar-refractivity contribution in [2.45, 2.75) is 25.8 Å². The summed E-state index contributed by atoms with van der Waals surface area (Å²) >= 11 is 0. The molecule has 0 N–H and O–H groups in total. The molecule has 0 aliphatic carbocycles. The van der Waals surface area contributed by atoms with E-state index in [1.165, 1.54) is 22.5 Å². The largest absolute Gasteiger partial charge is 0.496 e. The molecule has 2 heterocycles. The van der Waals surface area contributed by atoms with Crippen LogP contribution < -0.4 is 9.47 Å². The van der Waals surface area contributed by atoms with E-state index in [1.807, 2.05) is 42.5 Å². The van der Waals surface area contributed by atoms with Gasteiger partial charge in [-0.15, -0.1) is 0 Å². The van der Waals surface area contributed by atoms with E-state index in [0.29, 0.717) is 6.61 Å². The lowest BCUT2D eigenvalue weighted by molar-refractivity contribution is 0.282. The van der Waals surface area contributed by atoms with E-state index >= 15 is 0 Å². The molecular weight excluding hydrogens is 362 g/mol. The summed E-state index contributed by atoms with van der Waals surface area (Å²) in [5, 5.41) is 6.77. The highest BCUT2D eigenvalue weighted by atomic mass is 16.5. The van der Waals surface area contributed by atoms with E-state index in [4.69, 9.17) is 14.6 Å². The molecular formula is C24H29N3O2. The number of benzene rings is 2. The first-order valence-corrected chi connectivity index (χ1v) is 10.3. The molecule has 0 spiro atoms. The summed E-state index contributed by atoms with van der Waals surface area (Å²) in [6.07, 6.45) is 2.97. The van der Waals surface area contributed by atoms with Crippen LogP contribution in [0, 0.1) is 0 Å². The molecule has 5 nitrogen and oxygen atoms in total. The predicted molar refractivity (Wildman–Crippen MR) is 116 cm³/mol. The fourth-order valence-corrected chi connectivity index (χ4v) is 4.12. The fourth-order valence-electron chi connectivity index (χ4n) is 4.12. The van der Waals surface area contributed by atoms with Crippen LogP contribution in [0.5, 0.6) is 11.5 Å². The van der Waals surface area contributed by atoms with Crippen LogP contribution in [-0.4, -0.2) is 49.5 Å². The molecule has 0 bridgehead atoms. The molecule has 0 saturated carbocycles. The van der Waals surface area contributed by atoms with Crippen LogP contribution in [0.25, 0.3) is 0 Å². The maximum Gasteiger partial charge on any atom is 0.123 e. The highest BCUT2D eigenvalue weighted by Gasteiger charge is 2.29. The Bertz CT molecular complexity index is 892. The molecule has 4 rings (SSSR count). The summed E-state index contributed by atoms with van der Waals surface area (Å²) < 4.78 is 11.5. The average molecular weight is 392 g/mol. The molecule has 2 aromatic carbocycles. The Morgan fingerprint density at radius 1 is 1.03 bits per heavy atom. The highest BCUT2D eigenvalue weighted by Crippen LogP contribution is 2.31. The maximum absolute atomic E-state index is 5.92. The Balaban J connectivity index is 1.48. The summed E-state index contributed by atoms with van der Waals surface area (Å²) in [6, 6.07) is 18.3. The number of likely N-dealkylation sites (N-methyl/N-ethyl adjacent to an activating group) is 1. The molecule has 0 atom stereocenters. The van der Waals surface area contributed by atoms with Gasteiger partial charge >= 0.3 is 0 Å². The summed E-state index contributed by atoms with van der Waals surface area (Å²) in [4.78, 5) is 2.51. The Labute approximate surface area is 173 Å². The maximum atomic E-state index is 5.92. The molecule has 2 aliphatic heterocycles. The number of methoxy groups -OCH3 is 1. The first kappa shape index (κ1) is 19.4. The van der Waals surface area contributed by atoms with Crippen molar-refractivity contribution in [3.8, 4) is 11.5 Å². The van der Waals surface area contributed by atoms with Crippen LogP contribution in [0.15, 0.2) is 71.0 Å². The van der Waals surface area contributed by atoms with Crippen LogP contribution in [0.4, 0.5) is 0 Å². The number of para-hydroxylation sites is 2. The highest BCUT2D eigenvalue weighted by molar-refractivity contribution is 6.03. The Hall–Kier alpha value is -2.95. The SMILES string of the molecule is COc1ccccc1CN1CCC2=NN(C)CC2=C1CCCOc1ccccc1. The zero-order chi connectivity index (χ0) is 20.1. The Morgan fingerprint density at radius 2 is 1.83 bits per heavy atom. The van der Waals surface area contributed by atoms with Crippen LogP contribution in [-0.2, 0) is 6.54 Å². The summed E-state index contributed by atoms with van der Waals surface area (Å²) in [5.41, 5.74) is 5.28. The first-order valence-electron chi connectivity index (χ1n) is 10.3. The van der Waals surface area contributed by atoms with Gasteiger partial charge < -0.3 is 14.4 Å². The summed E-state index contributed by atoms with van der Waals surface area (Å²) in [6.45, 7) is 3.46. The normalized spacial score (nSPS) is 16.0. The van der Waals surface area contributed by atoms with Crippen LogP contribution in [0.2, 0.25) is 0 Å². The molecule has 2 aliphatic rings. The predicted octanol–water partition coefficient (Wildman–Crippen LogP) is 4.32. The third-order valence-electron chi connectivity index (χ3n) is 5.50. The standard InChI is InChI=1S/C24H29N3O2/c1-26-18-21-22(25-26)14-15-27(17-19-9-6-7-13-24(19)28-2)23(21)12-8-16-29-20-10-4-3-5-11-20/h3-7,9-11,13H,8,12,14-18H2,1-2H3. The van der Waals surface area contributed by atoms with Crippen LogP contribution in [0.3, 0.4) is 0 Å². The van der Waals surface area contributed by atoms with Gasteiger partial charge in [-0.25, -0.2) is 0 Å². The minimum absolute atomic E-state index is 0.714. The van der Waals surface area contributed by atoms with E-state index in [1.54, 1.807) is 7.11 Å². The number of hydrogen-bond acceptors (Lipinski definition) is 5. The van der Waals surface area contributed by atoms with E-state index in [0.717, 1.165) is 50.4 Å². The Morgan fingerprint density at radius 3 is 2.66 bits per heavy atom. The monoisotopic (exact) mass is 391 g/mol. The third kappa shape index (κ3) is 4.56. The zero-order valence-electron chi connectivity index (χ0n) is 17.3. The zero-order valence-corrected chi connectivity index (χ0v) is 17.3. The number of nitrogens with zero attached hydrogens (tertiary/aromatic N) is 3. The van der Waals surface area contributed by atoms with E-state index in [2.05, 4.69) is 29.1 Å². The second kappa shape index (κ2) is 9.03. The molecule has 0 radical (unpaired) electrons. The van der Waals surface area contributed by atoms with E-state index in [9.17, 15) is 0 Å². The van der Waals surface area contributed by atoms with Crippen molar-refractivity contribution in [3.05, 3.63) is 71.4 Å². The molecule has 5 heteroatoms. The second-order valence-electron chi connectivity index (χ2n) is 7.54. The lowest BCUT2D eigenvalue weighted by Crippen LogP contribution is -2.33. The van der Waals surface area contributed by atoms with Gasteiger partial charge in [-0.2, -0.15) is 5.10 Å². The minimum Gasteiger partial charge on any atom is -0.496 e. The summed E-state index contributed by atoms with van der Waals surface area (Å²) in [5.74, 6) is 1.88. The van der Waals surface area contributed by atoms with Crippen molar-refractivity contribution in [1.82, 2.24) is 9.91 Å². The lowest BCUT2D eigenvalue weighted by Gasteiger charge is -2.33. The topological polar surface area (TPSA) is 37.3 Å². The van der Waals surface area contributed by atoms with Gasteiger partial charge in [0.2, 0.25) is 0 Å². The number of hydrogen-bond donors (Lipinski definition) is 0. The third-order valence-corrected chi connectivity index (χ3v) is 5.50. The molecule has 29 heavy (non-hydrogen) atoms. The molecule has 0 saturated heterocycles. The van der Waals surface area contributed by atoms with Crippen molar-refractivity contribution < 1.29 is 9.47 Å². The molecule has 0 unspecified atom stereocenters. The molecule has 2 aromatic rings. The van der Waals surface area contributed by atoms with E-state index in [-0.39, 0.29) is 0 Å². The number of hydrazone groups is 1.